The molecule has 0 saturated carbocycles. The molecule has 2 rings (SSSR count). The minimum absolute atomic E-state index is 0.521. The van der Waals surface area contributed by atoms with Crippen molar-refractivity contribution in [1.82, 2.24) is 5.32 Å². The third-order valence-electron chi connectivity index (χ3n) is 3.06. The highest BCUT2D eigenvalue weighted by molar-refractivity contribution is 5.49. The van der Waals surface area contributed by atoms with Gasteiger partial charge in [0.05, 0.1) is 6.61 Å². The van der Waals surface area contributed by atoms with Crippen LogP contribution in [0, 0.1) is 0 Å². The van der Waals surface area contributed by atoms with Gasteiger partial charge in [0, 0.05) is 31.5 Å². The Hall–Kier alpha value is -1.26. The first-order chi connectivity index (χ1) is 8.88. The molecule has 1 aliphatic rings. The molecule has 0 bridgehead atoms. The van der Waals surface area contributed by atoms with Crippen LogP contribution in [-0.2, 0) is 4.74 Å². The van der Waals surface area contributed by atoms with Crippen molar-refractivity contribution in [2.75, 3.05) is 38.7 Å². The fourth-order valence-electron chi connectivity index (χ4n) is 2.13. The van der Waals surface area contributed by atoms with E-state index in [-0.39, 0.29) is 0 Å². The summed E-state index contributed by atoms with van der Waals surface area (Å²) in [6.07, 6.45) is 2.46. The van der Waals surface area contributed by atoms with Crippen molar-refractivity contribution in [1.29, 1.82) is 0 Å². The van der Waals surface area contributed by atoms with Crippen LogP contribution in [0.4, 0.5) is 5.69 Å². The summed E-state index contributed by atoms with van der Waals surface area (Å²) in [6.45, 7) is 3.38. The van der Waals surface area contributed by atoms with E-state index < -0.39 is 0 Å². The van der Waals surface area contributed by atoms with Gasteiger partial charge in [0.25, 0.3) is 0 Å². The number of hydrogen-bond acceptors (Lipinski definition) is 4. The van der Waals surface area contributed by atoms with Crippen LogP contribution in [0.5, 0.6) is 5.75 Å². The molecule has 100 valence electrons. The first-order valence-corrected chi connectivity index (χ1v) is 6.57. The topological polar surface area (TPSA) is 42.5 Å². The minimum atomic E-state index is 0.521. The molecule has 0 spiro atoms. The average molecular weight is 250 g/mol. The number of methoxy groups -OCH3 is 1. The minimum Gasteiger partial charge on any atom is -0.491 e. The van der Waals surface area contributed by atoms with E-state index in [1.165, 1.54) is 12.8 Å². The molecule has 18 heavy (non-hydrogen) atoms. The van der Waals surface area contributed by atoms with Crippen LogP contribution < -0.4 is 15.4 Å². The number of anilines is 1. The predicted molar refractivity (Wildman–Crippen MR) is 73.3 cm³/mol. The molecule has 2 N–H and O–H groups in total. The number of benzene rings is 1. The van der Waals surface area contributed by atoms with Gasteiger partial charge in [-0.05, 0) is 31.5 Å². The van der Waals surface area contributed by atoms with Crippen LogP contribution in [0.2, 0.25) is 0 Å². The second kappa shape index (κ2) is 7.24. The van der Waals surface area contributed by atoms with Crippen LogP contribution in [0.1, 0.15) is 12.8 Å². The van der Waals surface area contributed by atoms with Crippen LogP contribution in [-0.4, -0.2) is 39.5 Å². The Morgan fingerprint density at radius 2 is 2.33 bits per heavy atom. The number of rotatable bonds is 6. The van der Waals surface area contributed by atoms with Gasteiger partial charge in [-0.2, -0.15) is 0 Å². The van der Waals surface area contributed by atoms with Gasteiger partial charge in [-0.3, -0.25) is 0 Å². The van der Waals surface area contributed by atoms with E-state index in [2.05, 4.69) is 16.7 Å². The normalized spacial score (nSPS) is 19.5. The quantitative estimate of drug-likeness (QED) is 0.757. The van der Waals surface area contributed by atoms with E-state index in [1.807, 2.05) is 18.2 Å². The van der Waals surface area contributed by atoms with E-state index in [1.54, 1.807) is 7.11 Å². The first kappa shape index (κ1) is 13.2. The number of hydrogen-bond donors (Lipinski definition) is 2. The summed E-state index contributed by atoms with van der Waals surface area (Å²) in [5.74, 6) is 0.890. The molecule has 1 aromatic carbocycles. The maximum absolute atomic E-state index is 5.60. The molecule has 1 unspecified atom stereocenters. The van der Waals surface area contributed by atoms with Gasteiger partial charge in [0.2, 0.25) is 0 Å². The lowest BCUT2D eigenvalue weighted by Crippen LogP contribution is -2.38. The van der Waals surface area contributed by atoms with E-state index in [0.29, 0.717) is 19.3 Å². The summed E-state index contributed by atoms with van der Waals surface area (Å²) in [4.78, 5) is 0. The smallest absolute Gasteiger partial charge is 0.121 e. The summed E-state index contributed by atoms with van der Waals surface area (Å²) in [7, 11) is 1.68. The predicted octanol–water partition coefficient (Wildman–Crippen LogP) is 1.88. The van der Waals surface area contributed by atoms with Gasteiger partial charge in [0.1, 0.15) is 12.4 Å². The highest BCUT2D eigenvalue weighted by Crippen LogP contribution is 2.19. The molecule has 1 atom stereocenters. The Balaban J connectivity index is 1.85. The van der Waals surface area contributed by atoms with E-state index in [4.69, 9.17) is 9.47 Å². The van der Waals surface area contributed by atoms with Gasteiger partial charge >= 0.3 is 0 Å². The molecule has 1 fully saturated rings. The number of piperidine rings is 1. The zero-order valence-electron chi connectivity index (χ0n) is 10.9. The van der Waals surface area contributed by atoms with Crippen LogP contribution >= 0.6 is 0 Å². The maximum atomic E-state index is 5.60. The van der Waals surface area contributed by atoms with Gasteiger partial charge in [0.15, 0.2) is 0 Å². The SMILES string of the molecule is COCCOc1cccc(NC2CCCNC2)c1. The van der Waals surface area contributed by atoms with Crippen molar-refractivity contribution >= 4 is 5.69 Å². The Labute approximate surface area is 109 Å². The molecular weight excluding hydrogens is 228 g/mol. The molecule has 0 aromatic heterocycles. The molecule has 0 amide bonds. The monoisotopic (exact) mass is 250 g/mol. The fourth-order valence-corrected chi connectivity index (χ4v) is 2.13. The van der Waals surface area contributed by atoms with E-state index in [9.17, 15) is 0 Å². The van der Waals surface area contributed by atoms with Crippen LogP contribution in [0.3, 0.4) is 0 Å². The van der Waals surface area contributed by atoms with Crippen molar-refractivity contribution in [3.63, 3.8) is 0 Å². The Morgan fingerprint density at radius 1 is 1.39 bits per heavy atom. The summed E-state index contributed by atoms with van der Waals surface area (Å²) < 4.78 is 10.6. The third kappa shape index (κ3) is 4.20. The van der Waals surface area contributed by atoms with E-state index in [0.717, 1.165) is 24.5 Å². The second-order valence-electron chi connectivity index (χ2n) is 4.56. The highest BCUT2D eigenvalue weighted by atomic mass is 16.5. The first-order valence-electron chi connectivity index (χ1n) is 6.57. The largest absolute Gasteiger partial charge is 0.491 e. The lowest BCUT2D eigenvalue weighted by molar-refractivity contribution is 0.146. The van der Waals surface area contributed by atoms with Crippen molar-refractivity contribution in [3.8, 4) is 5.75 Å². The molecule has 4 nitrogen and oxygen atoms in total. The highest BCUT2D eigenvalue weighted by Gasteiger charge is 2.12. The van der Waals surface area contributed by atoms with Gasteiger partial charge in [-0.1, -0.05) is 6.07 Å². The lowest BCUT2D eigenvalue weighted by Gasteiger charge is -2.25. The molecule has 0 aliphatic carbocycles. The number of nitrogens with one attached hydrogen (secondary N) is 2. The molecule has 1 aromatic rings. The summed E-state index contributed by atoms with van der Waals surface area (Å²) in [6, 6.07) is 8.64. The molecule has 1 saturated heterocycles. The third-order valence-corrected chi connectivity index (χ3v) is 3.06. The Morgan fingerprint density at radius 3 is 3.11 bits per heavy atom. The Kier molecular flexibility index (Phi) is 5.30. The van der Waals surface area contributed by atoms with E-state index >= 15 is 0 Å². The van der Waals surface area contributed by atoms with Crippen molar-refractivity contribution in [2.45, 2.75) is 18.9 Å². The van der Waals surface area contributed by atoms with Crippen molar-refractivity contribution in [2.24, 2.45) is 0 Å². The molecule has 4 heteroatoms. The van der Waals surface area contributed by atoms with Crippen LogP contribution in [0.15, 0.2) is 24.3 Å². The maximum Gasteiger partial charge on any atom is 0.121 e. The standard InChI is InChI=1S/C14H22N2O2/c1-17-8-9-18-14-6-2-4-12(10-14)16-13-5-3-7-15-11-13/h2,4,6,10,13,15-16H,3,5,7-9,11H2,1H3. The average Bonchev–Trinajstić information content (AvgIpc) is 2.41. The van der Waals surface area contributed by atoms with Crippen molar-refractivity contribution in [3.05, 3.63) is 24.3 Å². The second-order valence-corrected chi connectivity index (χ2v) is 4.56. The Bertz CT molecular complexity index is 351. The fraction of sp³-hybridized carbons (Fsp3) is 0.571. The number of ether oxygens (including phenoxy) is 2. The molecule has 1 aliphatic heterocycles. The summed E-state index contributed by atoms with van der Waals surface area (Å²) in [5.41, 5.74) is 1.12. The zero-order valence-corrected chi connectivity index (χ0v) is 10.9. The summed E-state index contributed by atoms with van der Waals surface area (Å²) >= 11 is 0. The summed E-state index contributed by atoms with van der Waals surface area (Å²) in [5, 5.41) is 6.94. The molecule has 1 heterocycles. The van der Waals surface area contributed by atoms with Gasteiger partial charge < -0.3 is 20.1 Å². The molecule has 0 radical (unpaired) electrons. The van der Waals surface area contributed by atoms with Gasteiger partial charge in [-0.25, -0.2) is 0 Å². The lowest BCUT2D eigenvalue weighted by atomic mass is 10.1. The zero-order chi connectivity index (χ0) is 12.6. The molecular formula is C14H22N2O2. The van der Waals surface area contributed by atoms with Gasteiger partial charge in [-0.15, -0.1) is 0 Å². The van der Waals surface area contributed by atoms with Crippen LogP contribution in [0.25, 0.3) is 0 Å². The van der Waals surface area contributed by atoms with Crippen molar-refractivity contribution < 1.29 is 9.47 Å².